The van der Waals surface area contributed by atoms with Crippen molar-refractivity contribution in [2.45, 2.75) is 0 Å². The van der Waals surface area contributed by atoms with Gasteiger partial charge in [-0.25, -0.2) is 0 Å². The van der Waals surface area contributed by atoms with Crippen molar-refractivity contribution in [3.8, 4) is 16.9 Å². The second-order valence-electron chi connectivity index (χ2n) is 5.32. The van der Waals surface area contributed by atoms with Crippen LogP contribution in [0.4, 0.5) is 5.69 Å². The van der Waals surface area contributed by atoms with Gasteiger partial charge in [0.15, 0.2) is 0 Å². The molecule has 3 rings (SSSR count). The Balaban J connectivity index is 1.97. The number of phenols is 1. The molecule has 3 nitrogen and oxygen atoms in total. The van der Waals surface area contributed by atoms with Gasteiger partial charge in [-0.2, -0.15) is 0 Å². The highest BCUT2D eigenvalue weighted by Crippen LogP contribution is 2.36. The minimum Gasteiger partial charge on any atom is -0.506 e. The van der Waals surface area contributed by atoms with E-state index in [1.54, 1.807) is 54.6 Å². The molecule has 0 saturated carbocycles. The molecule has 0 aliphatic heterocycles. The summed E-state index contributed by atoms with van der Waals surface area (Å²) in [6.07, 6.45) is 0. The van der Waals surface area contributed by atoms with Crippen molar-refractivity contribution in [2.24, 2.45) is 0 Å². The lowest BCUT2D eigenvalue weighted by atomic mass is 10.0. The van der Waals surface area contributed by atoms with E-state index >= 15 is 0 Å². The summed E-state index contributed by atoms with van der Waals surface area (Å²) < 4.78 is 0. The average Bonchev–Trinajstić information content (AvgIpc) is 2.59. The highest BCUT2D eigenvalue weighted by Gasteiger charge is 2.17. The van der Waals surface area contributed by atoms with Crippen molar-refractivity contribution >= 4 is 46.4 Å². The maximum absolute atomic E-state index is 12.5. The number of aromatic hydroxyl groups is 1. The Morgan fingerprint density at radius 2 is 1.36 bits per heavy atom. The van der Waals surface area contributed by atoms with Gasteiger partial charge in [0.1, 0.15) is 5.75 Å². The summed E-state index contributed by atoms with van der Waals surface area (Å²) in [5.41, 5.74) is 1.78. The monoisotopic (exact) mass is 391 g/mol. The molecule has 0 aromatic heterocycles. The average molecular weight is 393 g/mol. The molecule has 0 aliphatic carbocycles. The molecule has 0 aliphatic rings. The van der Waals surface area contributed by atoms with E-state index < -0.39 is 5.91 Å². The third-order valence-corrected chi connectivity index (χ3v) is 4.30. The second kappa shape index (κ2) is 7.36. The summed E-state index contributed by atoms with van der Waals surface area (Å²) in [4.78, 5) is 12.5. The third-order valence-electron chi connectivity index (χ3n) is 3.58. The van der Waals surface area contributed by atoms with Gasteiger partial charge in [0.2, 0.25) is 0 Å². The van der Waals surface area contributed by atoms with Gasteiger partial charge < -0.3 is 10.4 Å². The smallest absolute Gasteiger partial charge is 0.259 e. The van der Waals surface area contributed by atoms with E-state index in [2.05, 4.69) is 5.32 Å². The van der Waals surface area contributed by atoms with Crippen LogP contribution in [0, 0.1) is 0 Å². The topological polar surface area (TPSA) is 49.3 Å². The number of amides is 1. The Morgan fingerprint density at radius 1 is 0.800 bits per heavy atom. The van der Waals surface area contributed by atoms with Gasteiger partial charge in [-0.3, -0.25) is 4.79 Å². The van der Waals surface area contributed by atoms with Gasteiger partial charge in [0, 0.05) is 26.3 Å². The van der Waals surface area contributed by atoms with Crippen LogP contribution in [0.1, 0.15) is 10.4 Å². The minimum absolute atomic E-state index is 0.0763. The van der Waals surface area contributed by atoms with Crippen LogP contribution < -0.4 is 5.32 Å². The molecule has 126 valence electrons. The van der Waals surface area contributed by atoms with E-state index in [0.717, 1.165) is 0 Å². The lowest BCUT2D eigenvalue weighted by Gasteiger charge is -2.12. The zero-order chi connectivity index (χ0) is 18.0. The zero-order valence-electron chi connectivity index (χ0n) is 12.8. The molecule has 0 spiro atoms. The SMILES string of the molecule is O=C(Nc1ccc(Cl)cc1)c1cc(Cl)cc(-c2ccc(Cl)cc2)c1O. The van der Waals surface area contributed by atoms with Crippen molar-refractivity contribution in [3.05, 3.63) is 81.3 Å². The first-order valence-corrected chi connectivity index (χ1v) is 8.43. The van der Waals surface area contributed by atoms with E-state index in [9.17, 15) is 9.90 Å². The first kappa shape index (κ1) is 17.6. The van der Waals surface area contributed by atoms with Crippen LogP contribution in [0.25, 0.3) is 11.1 Å². The first-order chi connectivity index (χ1) is 11.9. The van der Waals surface area contributed by atoms with Gasteiger partial charge in [0.25, 0.3) is 5.91 Å². The summed E-state index contributed by atoms with van der Waals surface area (Å²) in [5.74, 6) is -0.629. The van der Waals surface area contributed by atoms with Crippen LogP contribution in [-0.4, -0.2) is 11.0 Å². The fourth-order valence-corrected chi connectivity index (χ4v) is 2.82. The Hall–Kier alpha value is -2.20. The van der Waals surface area contributed by atoms with E-state index in [1.165, 1.54) is 6.07 Å². The Kier molecular flexibility index (Phi) is 5.19. The molecule has 0 atom stereocenters. The molecule has 1 amide bonds. The van der Waals surface area contributed by atoms with Crippen LogP contribution in [0.15, 0.2) is 60.7 Å². The van der Waals surface area contributed by atoms with Crippen LogP contribution in [0.5, 0.6) is 5.75 Å². The molecule has 0 heterocycles. The maximum Gasteiger partial charge on any atom is 0.259 e. The van der Waals surface area contributed by atoms with Crippen LogP contribution in [-0.2, 0) is 0 Å². The molecular weight excluding hydrogens is 381 g/mol. The fourth-order valence-electron chi connectivity index (χ4n) is 2.35. The van der Waals surface area contributed by atoms with Crippen LogP contribution in [0.3, 0.4) is 0 Å². The highest BCUT2D eigenvalue weighted by molar-refractivity contribution is 6.32. The van der Waals surface area contributed by atoms with Gasteiger partial charge in [0.05, 0.1) is 5.56 Å². The number of rotatable bonds is 3. The molecule has 3 aromatic carbocycles. The predicted molar refractivity (Wildman–Crippen MR) is 103 cm³/mol. The maximum atomic E-state index is 12.5. The number of carbonyl (C=O) groups excluding carboxylic acids is 1. The summed E-state index contributed by atoms with van der Waals surface area (Å²) in [5, 5.41) is 14.7. The molecule has 3 aromatic rings. The lowest BCUT2D eigenvalue weighted by molar-refractivity contribution is 0.102. The number of benzene rings is 3. The van der Waals surface area contributed by atoms with Crippen molar-refractivity contribution < 1.29 is 9.90 Å². The van der Waals surface area contributed by atoms with Crippen molar-refractivity contribution in [1.82, 2.24) is 0 Å². The van der Waals surface area contributed by atoms with E-state index in [0.29, 0.717) is 31.9 Å². The molecule has 25 heavy (non-hydrogen) atoms. The zero-order valence-corrected chi connectivity index (χ0v) is 15.0. The standard InChI is InChI=1S/C19H12Cl3NO2/c20-12-3-1-11(2-4-12)16-9-14(22)10-17(18(16)24)19(25)23-15-7-5-13(21)6-8-15/h1-10,24H,(H,23,25). The molecule has 0 fully saturated rings. The van der Waals surface area contributed by atoms with Gasteiger partial charge in [-0.15, -0.1) is 0 Å². The number of hydrogen-bond acceptors (Lipinski definition) is 2. The van der Waals surface area contributed by atoms with E-state index in [4.69, 9.17) is 34.8 Å². The highest BCUT2D eigenvalue weighted by atomic mass is 35.5. The van der Waals surface area contributed by atoms with Gasteiger partial charge >= 0.3 is 0 Å². The quantitative estimate of drug-likeness (QED) is 0.551. The molecule has 2 N–H and O–H groups in total. The number of nitrogens with one attached hydrogen (secondary N) is 1. The Bertz CT molecular complexity index is 923. The van der Waals surface area contributed by atoms with Gasteiger partial charge in [-0.05, 0) is 54.1 Å². The summed E-state index contributed by atoms with van der Waals surface area (Å²) in [6.45, 7) is 0. The van der Waals surface area contributed by atoms with Crippen molar-refractivity contribution in [1.29, 1.82) is 0 Å². The fraction of sp³-hybridized carbons (Fsp3) is 0. The third kappa shape index (κ3) is 4.07. The largest absolute Gasteiger partial charge is 0.506 e. The molecule has 0 saturated heterocycles. The summed E-state index contributed by atoms with van der Waals surface area (Å²) in [6, 6.07) is 16.6. The van der Waals surface area contributed by atoms with Gasteiger partial charge in [-0.1, -0.05) is 46.9 Å². The van der Waals surface area contributed by atoms with Crippen molar-refractivity contribution in [2.75, 3.05) is 5.32 Å². The lowest BCUT2D eigenvalue weighted by Crippen LogP contribution is -2.12. The van der Waals surface area contributed by atoms with Crippen molar-refractivity contribution in [3.63, 3.8) is 0 Å². The normalized spacial score (nSPS) is 10.5. The Labute approximate surface area is 159 Å². The summed E-state index contributed by atoms with van der Waals surface area (Å²) in [7, 11) is 0. The van der Waals surface area contributed by atoms with E-state index in [1.807, 2.05) is 0 Å². The van der Waals surface area contributed by atoms with Crippen LogP contribution in [0.2, 0.25) is 15.1 Å². The molecular formula is C19H12Cl3NO2. The molecule has 0 unspecified atom stereocenters. The van der Waals surface area contributed by atoms with Crippen LogP contribution >= 0.6 is 34.8 Å². The number of phenolic OH excluding ortho intramolecular Hbond substituents is 1. The summed E-state index contributed by atoms with van der Waals surface area (Å²) >= 11 is 17.9. The first-order valence-electron chi connectivity index (χ1n) is 7.29. The molecule has 6 heteroatoms. The van der Waals surface area contributed by atoms with E-state index in [-0.39, 0.29) is 11.3 Å². The second-order valence-corrected chi connectivity index (χ2v) is 6.63. The predicted octanol–water partition coefficient (Wildman–Crippen LogP) is 6.27. The molecule has 0 bridgehead atoms. The number of anilines is 1. The minimum atomic E-state index is -0.475. The number of hydrogen-bond donors (Lipinski definition) is 2. The molecule has 0 radical (unpaired) electrons. The number of halogens is 3. The Morgan fingerprint density at radius 3 is 1.96 bits per heavy atom. The number of carbonyl (C=O) groups is 1.